The predicted octanol–water partition coefficient (Wildman–Crippen LogP) is 2.04. The zero-order valence-electron chi connectivity index (χ0n) is 11.2. The van der Waals surface area contributed by atoms with Crippen molar-refractivity contribution < 1.29 is 0 Å². The van der Waals surface area contributed by atoms with Gasteiger partial charge in [-0.3, -0.25) is 9.79 Å². The lowest BCUT2D eigenvalue weighted by Crippen LogP contribution is -2.14. The van der Waals surface area contributed by atoms with E-state index < -0.39 is 0 Å². The molecule has 2 heterocycles. The summed E-state index contributed by atoms with van der Waals surface area (Å²) in [6.07, 6.45) is 4.46. The van der Waals surface area contributed by atoms with Crippen LogP contribution in [0.15, 0.2) is 9.79 Å². The number of H-pyrrole nitrogens is 1. The first kappa shape index (κ1) is 13.6. The van der Waals surface area contributed by atoms with Gasteiger partial charge in [-0.2, -0.15) is 0 Å². The number of hydrogen-bond acceptors (Lipinski definition) is 5. The second-order valence-electron chi connectivity index (χ2n) is 4.75. The average molecular weight is 308 g/mol. The Hall–Kier alpha value is -1.34. The number of hydrogen-bond donors (Lipinski definition) is 2. The molecule has 0 spiro atoms. The number of aliphatic imine (C=N–C) groups is 1. The lowest BCUT2D eigenvalue weighted by molar-refractivity contribution is 0.700. The average Bonchev–Trinajstić information content (AvgIpc) is 2.83. The number of aryl methyl sites for hydroxylation is 2. The SMILES string of the molecule is CN=C(N)SCc1nc2sc3c(c2c(=O)[nH]1)CCCC3. The molecule has 0 amide bonds. The van der Waals surface area contributed by atoms with Crippen LogP contribution < -0.4 is 11.3 Å². The molecule has 0 fully saturated rings. The maximum atomic E-state index is 12.3. The van der Waals surface area contributed by atoms with Gasteiger partial charge in [0, 0.05) is 11.9 Å². The molecule has 0 radical (unpaired) electrons. The second kappa shape index (κ2) is 5.57. The van der Waals surface area contributed by atoms with Crippen LogP contribution >= 0.6 is 23.1 Å². The van der Waals surface area contributed by atoms with Gasteiger partial charge in [0.15, 0.2) is 5.17 Å². The molecule has 0 aliphatic heterocycles. The van der Waals surface area contributed by atoms with Crippen LogP contribution in [0.5, 0.6) is 0 Å². The lowest BCUT2D eigenvalue weighted by atomic mass is 9.97. The first-order valence-corrected chi connectivity index (χ1v) is 8.37. The number of amidine groups is 1. The first-order chi connectivity index (χ1) is 9.69. The Morgan fingerprint density at radius 1 is 1.50 bits per heavy atom. The van der Waals surface area contributed by atoms with E-state index in [4.69, 9.17) is 5.73 Å². The van der Waals surface area contributed by atoms with E-state index in [0.717, 1.165) is 23.1 Å². The van der Waals surface area contributed by atoms with E-state index in [1.165, 1.54) is 35.0 Å². The number of nitrogens with two attached hydrogens (primary N) is 1. The molecule has 2 aromatic heterocycles. The van der Waals surface area contributed by atoms with Crippen molar-refractivity contribution >= 4 is 38.5 Å². The van der Waals surface area contributed by atoms with Crippen LogP contribution in [0.3, 0.4) is 0 Å². The molecular formula is C13H16N4OS2. The fourth-order valence-electron chi connectivity index (χ4n) is 2.48. The molecule has 106 valence electrons. The van der Waals surface area contributed by atoms with Crippen LogP contribution in [0.25, 0.3) is 10.2 Å². The molecule has 3 N–H and O–H groups in total. The summed E-state index contributed by atoms with van der Waals surface area (Å²) in [6.45, 7) is 0. The summed E-state index contributed by atoms with van der Waals surface area (Å²) in [5.41, 5.74) is 6.85. The highest BCUT2D eigenvalue weighted by Gasteiger charge is 2.19. The summed E-state index contributed by atoms with van der Waals surface area (Å²) < 4.78 is 0. The number of aromatic amines is 1. The third kappa shape index (κ3) is 2.47. The molecule has 0 atom stereocenters. The van der Waals surface area contributed by atoms with E-state index in [9.17, 15) is 4.79 Å². The molecule has 2 aromatic rings. The van der Waals surface area contributed by atoms with Crippen molar-refractivity contribution in [1.29, 1.82) is 0 Å². The molecule has 0 bridgehead atoms. The minimum absolute atomic E-state index is 0.0167. The third-order valence-corrected chi connectivity index (χ3v) is 5.53. The number of nitrogens with one attached hydrogen (secondary N) is 1. The smallest absolute Gasteiger partial charge is 0.259 e. The van der Waals surface area contributed by atoms with Crippen LogP contribution in [-0.2, 0) is 18.6 Å². The summed E-state index contributed by atoms with van der Waals surface area (Å²) in [5.74, 6) is 1.20. The molecule has 3 rings (SSSR count). The molecule has 0 aromatic carbocycles. The van der Waals surface area contributed by atoms with Gasteiger partial charge in [-0.05, 0) is 31.2 Å². The Kier molecular flexibility index (Phi) is 3.80. The minimum Gasteiger partial charge on any atom is -0.379 e. The Balaban J connectivity index is 2.00. The molecule has 5 nitrogen and oxygen atoms in total. The summed E-state index contributed by atoms with van der Waals surface area (Å²) in [6, 6.07) is 0. The lowest BCUT2D eigenvalue weighted by Gasteiger charge is -2.09. The zero-order chi connectivity index (χ0) is 14.1. The van der Waals surface area contributed by atoms with Crippen molar-refractivity contribution in [3.63, 3.8) is 0 Å². The summed E-state index contributed by atoms with van der Waals surface area (Å²) in [5, 5.41) is 1.30. The van der Waals surface area contributed by atoms with E-state index in [0.29, 0.717) is 16.7 Å². The van der Waals surface area contributed by atoms with Gasteiger partial charge in [0.05, 0.1) is 11.1 Å². The van der Waals surface area contributed by atoms with Crippen LogP contribution in [-0.4, -0.2) is 22.2 Å². The van der Waals surface area contributed by atoms with Gasteiger partial charge >= 0.3 is 0 Å². The molecule has 1 aliphatic carbocycles. The van der Waals surface area contributed by atoms with Crippen molar-refractivity contribution in [3.8, 4) is 0 Å². The van der Waals surface area contributed by atoms with E-state index in [1.807, 2.05) is 0 Å². The Morgan fingerprint density at radius 3 is 3.10 bits per heavy atom. The zero-order valence-corrected chi connectivity index (χ0v) is 12.9. The van der Waals surface area contributed by atoms with Crippen LogP contribution in [0, 0.1) is 0 Å². The Labute approximate surface area is 124 Å². The van der Waals surface area contributed by atoms with E-state index >= 15 is 0 Å². The molecule has 0 unspecified atom stereocenters. The first-order valence-electron chi connectivity index (χ1n) is 6.57. The van der Waals surface area contributed by atoms with Gasteiger partial charge in [0.2, 0.25) is 0 Å². The highest BCUT2D eigenvalue weighted by atomic mass is 32.2. The Morgan fingerprint density at radius 2 is 2.30 bits per heavy atom. The van der Waals surface area contributed by atoms with Gasteiger partial charge in [0.25, 0.3) is 5.56 Å². The van der Waals surface area contributed by atoms with Crippen LogP contribution in [0.1, 0.15) is 29.1 Å². The van der Waals surface area contributed by atoms with E-state index in [1.54, 1.807) is 18.4 Å². The minimum atomic E-state index is -0.0167. The predicted molar refractivity (Wildman–Crippen MR) is 85.7 cm³/mol. The van der Waals surface area contributed by atoms with E-state index in [-0.39, 0.29) is 5.56 Å². The highest BCUT2D eigenvalue weighted by molar-refractivity contribution is 8.13. The standard InChI is InChI=1S/C13H16N4OS2/c1-15-13(14)19-6-9-16-11(18)10-7-4-2-3-5-8(7)20-12(10)17-9/h2-6H2,1H3,(H2,14,15)(H,16,17,18). The van der Waals surface area contributed by atoms with Gasteiger partial charge in [0.1, 0.15) is 10.7 Å². The highest BCUT2D eigenvalue weighted by Crippen LogP contribution is 2.33. The van der Waals surface area contributed by atoms with Gasteiger partial charge in [-0.1, -0.05) is 11.8 Å². The van der Waals surface area contributed by atoms with Crippen molar-refractivity contribution in [2.45, 2.75) is 31.4 Å². The Bertz CT molecular complexity index is 732. The van der Waals surface area contributed by atoms with Crippen molar-refractivity contribution in [3.05, 3.63) is 26.6 Å². The molecular weight excluding hydrogens is 292 g/mol. The number of aromatic nitrogens is 2. The molecule has 0 saturated carbocycles. The molecule has 0 saturated heterocycles. The summed E-state index contributed by atoms with van der Waals surface area (Å²) in [4.78, 5) is 25.8. The van der Waals surface area contributed by atoms with Crippen molar-refractivity contribution in [1.82, 2.24) is 9.97 Å². The maximum Gasteiger partial charge on any atom is 0.259 e. The van der Waals surface area contributed by atoms with Crippen LogP contribution in [0.4, 0.5) is 0 Å². The number of rotatable bonds is 2. The number of thioether (sulfide) groups is 1. The second-order valence-corrected chi connectivity index (χ2v) is 6.83. The topological polar surface area (TPSA) is 84.1 Å². The van der Waals surface area contributed by atoms with Gasteiger partial charge in [-0.25, -0.2) is 4.98 Å². The molecule has 7 heteroatoms. The maximum absolute atomic E-state index is 12.3. The monoisotopic (exact) mass is 308 g/mol. The quantitative estimate of drug-likeness (QED) is 0.657. The normalized spacial score (nSPS) is 15.6. The van der Waals surface area contributed by atoms with Gasteiger partial charge < -0.3 is 10.7 Å². The fraction of sp³-hybridized carbons (Fsp3) is 0.462. The summed E-state index contributed by atoms with van der Waals surface area (Å²) in [7, 11) is 1.65. The summed E-state index contributed by atoms with van der Waals surface area (Å²) >= 11 is 3.05. The third-order valence-electron chi connectivity index (χ3n) is 3.45. The fourth-order valence-corrected chi connectivity index (χ4v) is 4.32. The number of thiophene rings is 1. The largest absolute Gasteiger partial charge is 0.379 e. The van der Waals surface area contributed by atoms with Gasteiger partial charge in [-0.15, -0.1) is 11.3 Å². The number of nitrogens with zero attached hydrogens (tertiary/aromatic N) is 2. The van der Waals surface area contributed by atoms with Crippen molar-refractivity contribution in [2.75, 3.05) is 7.05 Å². The molecule has 20 heavy (non-hydrogen) atoms. The number of fused-ring (bicyclic) bond motifs is 3. The van der Waals surface area contributed by atoms with Crippen molar-refractivity contribution in [2.24, 2.45) is 10.7 Å². The molecule has 1 aliphatic rings. The van der Waals surface area contributed by atoms with Crippen LogP contribution in [0.2, 0.25) is 0 Å². The van der Waals surface area contributed by atoms with E-state index in [2.05, 4.69) is 15.0 Å².